The molecule has 3 rings (SSSR count). The van der Waals surface area contributed by atoms with Gasteiger partial charge in [-0.15, -0.1) is 0 Å². The molecule has 0 bridgehead atoms. The fourth-order valence-corrected chi connectivity index (χ4v) is 3.76. The van der Waals surface area contributed by atoms with Gasteiger partial charge in [-0.05, 0) is 54.3 Å². The molecule has 0 aliphatic carbocycles. The van der Waals surface area contributed by atoms with Gasteiger partial charge in [-0.3, -0.25) is 9.69 Å². The summed E-state index contributed by atoms with van der Waals surface area (Å²) in [7, 11) is 0. The van der Waals surface area contributed by atoms with E-state index in [0.717, 1.165) is 60.3 Å². The van der Waals surface area contributed by atoms with E-state index in [1.54, 1.807) is 0 Å². The molecule has 0 saturated carbocycles. The van der Waals surface area contributed by atoms with Crippen LogP contribution in [0.3, 0.4) is 0 Å². The van der Waals surface area contributed by atoms with Crippen molar-refractivity contribution in [2.75, 3.05) is 32.8 Å². The summed E-state index contributed by atoms with van der Waals surface area (Å²) in [6, 6.07) is 11.7. The van der Waals surface area contributed by atoms with Gasteiger partial charge in [-0.25, -0.2) is 0 Å². The standard InChI is InChI=1S/C22H26Cl2N2O2/c1-3-18-13-20(12-16(2)22(18)24)28-15-21(27)26-10-8-25(9-11-26)14-17-4-6-19(23)7-5-17/h4-7,12-13H,3,8-11,14-15H2,1-2H3. The number of piperazine rings is 1. The van der Waals surface area contributed by atoms with Gasteiger partial charge in [0.25, 0.3) is 5.91 Å². The molecule has 6 heteroatoms. The third-order valence-corrected chi connectivity index (χ3v) is 5.88. The molecule has 4 nitrogen and oxygen atoms in total. The highest BCUT2D eigenvalue weighted by Gasteiger charge is 2.21. The Morgan fingerprint density at radius 1 is 1.07 bits per heavy atom. The number of hydrogen-bond acceptors (Lipinski definition) is 3. The predicted octanol–water partition coefficient (Wildman–Crippen LogP) is 4.59. The zero-order valence-corrected chi connectivity index (χ0v) is 17.9. The Morgan fingerprint density at radius 2 is 1.75 bits per heavy atom. The first-order valence-corrected chi connectivity index (χ1v) is 10.4. The first kappa shape index (κ1) is 21.0. The van der Waals surface area contributed by atoms with Crippen molar-refractivity contribution in [3.63, 3.8) is 0 Å². The Labute approximate surface area is 177 Å². The van der Waals surface area contributed by atoms with Gasteiger partial charge >= 0.3 is 0 Å². The average Bonchev–Trinajstić information content (AvgIpc) is 2.70. The molecule has 0 N–H and O–H groups in total. The molecular formula is C22H26Cl2N2O2. The summed E-state index contributed by atoms with van der Waals surface area (Å²) in [6.07, 6.45) is 0.834. The van der Waals surface area contributed by atoms with E-state index >= 15 is 0 Å². The van der Waals surface area contributed by atoms with Gasteiger partial charge < -0.3 is 9.64 Å². The van der Waals surface area contributed by atoms with Crippen molar-refractivity contribution in [1.29, 1.82) is 0 Å². The molecule has 1 saturated heterocycles. The Hall–Kier alpha value is -1.75. The van der Waals surface area contributed by atoms with Crippen LogP contribution in [-0.4, -0.2) is 48.5 Å². The lowest BCUT2D eigenvalue weighted by molar-refractivity contribution is -0.135. The summed E-state index contributed by atoms with van der Waals surface area (Å²) in [5.41, 5.74) is 3.25. The number of amides is 1. The number of rotatable bonds is 6. The third-order valence-electron chi connectivity index (χ3n) is 5.09. The number of nitrogens with zero attached hydrogens (tertiary/aromatic N) is 2. The van der Waals surface area contributed by atoms with Crippen molar-refractivity contribution >= 4 is 29.1 Å². The highest BCUT2D eigenvalue weighted by Crippen LogP contribution is 2.27. The number of ether oxygens (including phenoxy) is 1. The number of halogens is 2. The minimum Gasteiger partial charge on any atom is -0.484 e. The summed E-state index contributed by atoms with van der Waals surface area (Å²) >= 11 is 12.2. The molecule has 1 heterocycles. The summed E-state index contributed by atoms with van der Waals surface area (Å²) in [5, 5.41) is 1.53. The minimum absolute atomic E-state index is 0.0248. The molecule has 2 aromatic rings. The number of benzene rings is 2. The monoisotopic (exact) mass is 420 g/mol. The number of carbonyl (C=O) groups excluding carboxylic acids is 1. The fraction of sp³-hybridized carbons (Fsp3) is 0.409. The van der Waals surface area contributed by atoms with Crippen LogP contribution in [0.4, 0.5) is 0 Å². The van der Waals surface area contributed by atoms with Crippen LogP contribution < -0.4 is 4.74 Å². The summed E-state index contributed by atoms with van der Waals surface area (Å²) in [6.45, 7) is 8.09. The van der Waals surface area contributed by atoms with Crippen LogP contribution >= 0.6 is 23.2 Å². The molecule has 0 unspecified atom stereocenters. The molecule has 28 heavy (non-hydrogen) atoms. The second kappa shape index (κ2) is 9.64. The van der Waals surface area contributed by atoms with Gasteiger partial charge in [0.1, 0.15) is 5.75 Å². The molecule has 1 fully saturated rings. The lowest BCUT2D eigenvalue weighted by atomic mass is 10.1. The van der Waals surface area contributed by atoms with Gasteiger partial charge in [0.2, 0.25) is 0 Å². The second-order valence-corrected chi connectivity index (χ2v) is 7.95. The molecule has 2 aromatic carbocycles. The van der Waals surface area contributed by atoms with Crippen LogP contribution in [0, 0.1) is 6.92 Å². The lowest BCUT2D eigenvalue weighted by Gasteiger charge is -2.34. The van der Waals surface area contributed by atoms with Crippen molar-refractivity contribution in [2.24, 2.45) is 0 Å². The number of carbonyl (C=O) groups is 1. The van der Waals surface area contributed by atoms with Crippen molar-refractivity contribution in [2.45, 2.75) is 26.8 Å². The zero-order chi connectivity index (χ0) is 20.1. The molecule has 0 radical (unpaired) electrons. The maximum Gasteiger partial charge on any atom is 0.260 e. The first-order chi connectivity index (χ1) is 13.5. The third kappa shape index (κ3) is 5.40. The predicted molar refractivity (Wildman–Crippen MR) is 114 cm³/mol. The highest BCUT2D eigenvalue weighted by atomic mass is 35.5. The van der Waals surface area contributed by atoms with Gasteiger partial charge in [-0.1, -0.05) is 42.3 Å². The smallest absolute Gasteiger partial charge is 0.260 e. The maximum atomic E-state index is 12.5. The van der Waals surface area contributed by atoms with Gasteiger partial charge in [0.15, 0.2) is 6.61 Å². The zero-order valence-electron chi connectivity index (χ0n) is 16.4. The van der Waals surface area contributed by atoms with E-state index < -0.39 is 0 Å². The Morgan fingerprint density at radius 3 is 2.39 bits per heavy atom. The molecule has 1 aliphatic heterocycles. The fourth-order valence-electron chi connectivity index (χ4n) is 3.39. The number of hydrogen-bond donors (Lipinski definition) is 0. The van der Waals surface area contributed by atoms with E-state index in [9.17, 15) is 4.79 Å². The Kier molecular flexibility index (Phi) is 7.22. The normalized spacial score (nSPS) is 14.9. The van der Waals surface area contributed by atoms with Crippen molar-refractivity contribution < 1.29 is 9.53 Å². The van der Waals surface area contributed by atoms with E-state index in [1.165, 1.54) is 5.56 Å². The second-order valence-electron chi connectivity index (χ2n) is 7.14. The van der Waals surface area contributed by atoms with Gasteiger partial charge in [0, 0.05) is 42.8 Å². The van der Waals surface area contributed by atoms with E-state index in [-0.39, 0.29) is 12.5 Å². The van der Waals surface area contributed by atoms with Crippen molar-refractivity contribution in [3.05, 3.63) is 63.1 Å². The molecule has 150 valence electrons. The molecule has 0 aromatic heterocycles. The molecule has 1 aliphatic rings. The summed E-state index contributed by atoms with van der Waals surface area (Å²) in [5.74, 6) is 0.727. The van der Waals surface area contributed by atoms with Crippen LogP contribution in [0.5, 0.6) is 5.75 Å². The topological polar surface area (TPSA) is 32.8 Å². The average molecular weight is 421 g/mol. The van der Waals surface area contributed by atoms with Crippen LogP contribution in [0.25, 0.3) is 0 Å². The Balaban J connectivity index is 1.47. The molecule has 0 spiro atoms. The largest absolute Gasteiger partial charge is 0.484 e. The van der Waals surface area contributed by atoms with E-state index in [0.29, 0.717) is 5.75 Å². The summed E-state index contributed by atoms with van der Waals surface area (Å²) in [4.78, 5) is 16.7. The van der Waals surface area contributed by atoms with Crippen LogP contribution in [0.2, 0.25) is 10.0 Å². The van der Waals surface area contributed by atoms with Crippen molar-refractivity contribution in [1.82, 2.24) is 9.80 Å². The maximum absolute atomic E-state index is 12.5. The van der Waals surface area contributed by atoms with Crippen LogP contribution in [0.15, 0.2) is 36.4 Å². The molecule has 1 amide bonds. The highest BCUT2D eigenvalue weighted by molar-refractivity contribution is 6.32. The van der Waals surface area contributed by atoms with Gasteiger partial charge in [0.05, 0.1) is 0 Å². The minimum atomic E-state index is 0.0248. The van der Waals surface area contributed by atoms with E-state index in [2.05, 4.69) is 11.8 Å². The first-order valence-electron chi connectivity index (χ1n) is 9.62. The number of aryl methyl sites for hydroxylation is 2. The molecular weight excluding hydrogens is 395 g/mol. The van der Waals surface area contributed by atoms with Crippen LogP contribution in [-0.2, 0) is 17.8 Å². The van der Waals surface area contributed by atoms with Gasteiger partial charge in [-0.2, -0.15) is 0 Å². The van der Waals surface area contributed by atoms with E-state index in [4.69, 9.17) is 27.9 Å². The van der Waals surface area contributed by atoms with Crippen LogP contribution in [0.1, 0.15) is 23.6 Å². The molecule has 0 atom stereocenters. The lowest BCUT2D eigenvalue weighted by Crippen LogP contribution is -2.49. The quantitative estimate of drug-likeness (QED) is 0.684. The summed E-state index contributed by atoms with van der Waals surface area (Å²) < 4.78 is 5.76. The Bertz CT molecular complexity index is 816. The SMILES string of the molecule is CCc1cc(OCC(=O)N2CCN(Cc3ccc(Cl)cc3)CC2)cc(C)c1Cl. The van der Waals surface area contributed by atoms with E-state index in [1.807, 2.05) is 48.2 Å². The van der Waals surface area contributed by atoms with Crippen molar-refractivity contribution in [3.8, 4) is 5.75 Å².